The number of carbonyl (C=O) groups is 1. The predicted octanol–water partition coefficient (Wildman–Crippen LogP) is 3.44. The van der Waals surface area contributed by atoms with Gasteiger partial charge >= 0.3 is 0 Å². The molecular formula is C18H17F3N4O. The zero-order valence-electron chi connectivity index (χ0n) is 14.5. The Labute approximate surface area is 148 Å². The standard InChI is InChI=1S/C18H17F3N4O/c1-18(20,21)13-6-11(4-5-14(13)19)12-7-16-15(22-8-12)9-23-25(16)10-17(26)24(2)3/h4-9H,10H2,1-3H3. The van der Waals surface area contributed by atoms with E-state index in [4.69, 9.17) is 0 Å². The maximum atomic E-state index is 13.7. The van der Waals surface area contributed by atoms with Crippen molar-refractivity contribution in [1.29, 1.82) is 0 Å². The summed E-state index contributed by atoms with van der Waals surface area (Å²) in [7, 11) is 3.28. The number of likely N-dealkylation sites (N-methyl/N-ethyl adjacent to an activating group) is 1. The SMILES string of the molecule is CN(C)C(=O)Cn1ncc2ncc(-c3ccc(F)c(C(C)(F)F)c3)cc21. The van der Waals surface area contributed by atoms with Crippen molar-refractivity contribution in [3.8, 4) is 11.1 Å². The Morgan fingerprint density at radius 2 is 1.92 bits per heavy atom. The normalized spacial score (nSPS) is 11.8. The summed E-state index contributed by atoms with van der Waals surface area (Å²) in [4.78, 5) is 17.6. The van der Waals surface area contributed by atoms with Crippen LogP contribution in [0, 0.1) is 5.82 Å². The molecule has 8 heteroatoms. The van der Waals surface area contributed by atoms with Crippen LogP contribution >= 0.6 is 0 Å². The van der Waals surface area contributed by atoms with Crippen LogP contribution in [0.4, 0.5) is 13.2 Å². The number of rotatable bonds is 4. The minimum Gasteiger partial charge on any atom is -0.347 e. The molecule has 0 saturated heterocycles. The number of halogens is 3. The zero-order valence-corrected chi connectivity index (χ0v) is 14.5. The van der Waals surface area contributed by atoms with E-state index in [0.29, 0.717) is 29.1 Å². The van der Waals surface area contributed by atoms with Gasteiger partial charge in [-0.25, -0.2) is 13.2 Å². The molecule has 0 spiro atoms. The van der Waals surface area contributed by atoms with Crippen molar-refractivity contribution >= 4 is 16.9 Å². The van der Waals surface area contributed by atoms with Gasteiger partial charge in [0.15, 0.2) is 0 Å². The van der Waals surface area contributed by atoms with Gasteiger partial charge in [0.1, 0.15) is 17.9 Å². The van der Waals surface area contributed by atoms with E-state index in [2.05, 4.69) is 10.1 Å². The number of amides is 1. The van der Waals surface area contributed by atoms with E-state index in [-0.39, 0.29) is 12.5 Å². The molecule has 136 valence electrons. The van der Waals surface area contributed by atoms with Gasteiger partial charge in [0.05, 0.1) is 17.3 Å². The van der Waals surface area contributed by atoms with Crippen molar-refractivity contribution in [2.45, 2.75) is 19.4 Å². The number of nitrogens with zero attached hydrogens (tertiary/aromatic N) is 4. The van der Waals surface area contributed by atoms with Gasteiger partial charge in [-0.2, -0.15) is 5.10 Å². The van der Waals surface area contributed by atoms with Crippen molar-refractivity contribution in [3.05, 3.63) is 48.0 Å². The first-order chi connectivity index (χ1) is 12.2. The highest BCUT2D eigenvalue weighted by Crippen LogP contribution is 2.33. The fraction of sp³-hybridized carbons (Fsp3) is 0.278. The molecule has 0 bridgehead atoms. The lowest BCUT2D eigenvalue weighted by Crippen LogP contribution is -2.26. The van der Waals surface area contributed by atoms with Gasteiger partial charge in [-0.15, -0.1) is 0 Å². The van der Waals surface area contributed by atoms with Crippen LogP contribution in [-0.2, 0) is 17.3 Å². The summed E-state index contributed by atoms with van der Waals surface area (Å²) in [6.07, 6.45) is 3.03. The van der Waals surface area contributed by atoms with E-state index in [0.717, 1.165) is 12.1 Å². The van der Waals surface area contributed by atoms with Crippen LogP contribution in [0.25, 0.3) is 22.2 Å². The number of alkyl halides is 2. The first-order valence-electron chi connectivity index (χ1n) is 7.87. The number of hydrogen-bond donors (Lipinski definition) is 0. The lowest BCUT2D eigenvalue weighted by atomic mass is 10.0. The van der Waals surface area contributed by atoms with E-state index in [1.54, 1.807) is 20.2 Å². The molecule has 3 rings (SSSR count). The van der Waals surface area contributed by atoms with Crippen LogP contribution in [0.2, 0.25) is 0 Å². The van der Waals surface area contributed by atoms with Gasteiger partial charge in [-0.05, 0) is 23.8 Å². The van der Waals surface area contributed by atoms with Crippen LogP contribution in [0.5, 0.6) is 0 Å². The van der Waals surface area contributed by atoms with Crippen LogP contribution in [0.15, 0.2) is 36.7 Å². The summed E-state index contributed by atoms with van der Waals surface area (Å²) >= 11 is 0. The molecule has 0 radical (unpaired) electrons. The Hall–Kier alpha value is -2.90. The minimum atomic E-state index is -3.29. The smallest absolute Gasteiger partial charge is 0.273 e. The molecule has 1 amide bonds. The molecule has 2 heterocycles. The van der Waals surface area contributed by atoms with E-state index in [1.807, 2.05) is 0 Å². The Kier molecular flexibility index (Phi) is 4.43. The average molecular weight is 362 g/mol. The summed E-state index contributed by atoms with van der Waals surface area (Å²) in [5.41, 5.74) is 1.42. The van der Waals surface area contributed by atoms with Crippen molar-refractivity contribution < 1.29 is 18.0 Å². The molecule has 0 N–H and O–H groups in total. The van der Waals surface area contributed by atoms with Gasteiger partial charge in [-0.1, -0.05) is 6.07 Å². The monoisotopic (exact) mass is 362 g/mol. The second-order valence-electron chi connectivity index (χ2n) is 6.30. The molecular weight excluding hydrogens is 345 g/mol. The molecule has 2 aromatic heterocycles. The van der Waals surface area contributed by atoms with Crippen LogP contribution in [0.1, 0.15) is 12.5 Å². The maximum absolute atomic E-state index is 13.7. The lowest BCUT2D eigenvalue weighted by Gasteiger charge is -2.13. The Balaban J connectivity index is 2.05. The molecule has 0 aliphatic carbocycles. The third-order valence-corrected chi connectivity index (χ3v) is 4.05. The molecule has 1 aromatic carbocycles. The highest BCUT2D eigenvalue weighted by atomic mass is 19.3. The minimum absolute atomic E-state index is 0.0311. The predicted molar refractivity (Wildman–Crippen MR) is 91.2 cm³/mol. The molecule has 0 unspecified atom stereocenters. The van der Waals surface area contributed by atoms with Gasteiger partial charge in [0, 0.05) is 32.8 Å². The maximum Gasteiger partial charge on any atom is 0.273 e. The van der Waals surface area contributed by atoms with Gasteiger partial charge in [-0.3, -0.25) is 14.5 Å². The number of fused-ring (bicyclic) bond motifs is 1. The Morgan fingerprint density at radius 3 is 2.58 bits per heavy atom. The first-order valence-corrected chi connectivity index (χ1v) is 7.87. The van der Waals surface area contributed by atoms with Crippen molar-refractivity contribution in [2.24, 2.45) is 0 Å². The van der Waals surface area contributed by atoms with Crippen molar-refractivity contribution in [3.63, 3.8) is 0 Å². The Morgan fingerprint density at radius 1 is 1.19 bits per heavy atom. The second-order valence-corrected chi connectivity index (χ2v) is 6.30. The van der Waals surface area contributed by atoms with Gasteiger partial charge in [0.25, 0.3) is 5.92 Å². The first kappa shape index (κ1) is 17.9. The molecule has 26 heavy (non-hydrogen) atoms. The number of aromatic nitrogens is 3. The van der Waals surface area contributed by atoms with Crippen LogP contribution < -0.4 is 0 Å². The number of benzene rings is 1. The molecule has 5 nitrogen and oxygen atoms in total. The summed E-state index contributed by atoms with van der Waals surface area (Å²) < 4.78 is 42.4. The molecule has 0 saturated carbocycles. The zero-order chi connectivity index (χ0) is 19.1. The van der Waals surface area contributed by atoms with E-state index in [9.17, 15) is 18.0 Å². The summed E-state index contributed by atoms with van der Waals surface area (Å²) in [6, 6.07) is 5.24. The van der Waals surface area contributed by atoms with E-state index in [1.165, 1.54) is 28.0 Å². The van der Waals surface area contributed by atoms with Crippen molar-refractivity contribution in [2.75, 3.05) is 14.1 Å². The summed E-state index contributed by atoms with van der Waals surface area (Å²) in [5.74, 6) is -4.40. The highest BCUT2D eigenvalue weighted by molar-refractivity contribution is 5.83. The van der Waals surface area contributed by atoms with Gasteiger partial charge in [0.2, 0.25) is 5.91 Å². The molecule has 0 aliphatic heterocycles. The van der Waals surface area contributed by atoms with Crippen molar-refractivity contribution in [1.82, 2.24) is 19.7 Å². The van der Waals surface area contributed by atoms with E-state index < -0.39 is 17.3 Å². The number of carbonyl (C=O) groups excluding carboxylic acids is 1. The average Bonchev–Trinajstić information content (AvgIpc) is 2.96. The molecule has 0 atom stereocenters. The van der Waals surface area contributed by atoms with Gasteiger partial charge < -0.3 is 4.90 Å². The third kappa shape index (κ3) is 3.40. The fourth-order valence-electron chi connectivity index (χ4n) is 2.55. The number of pyridine rings is 1. The summed E-state index contributed by atoms with van der Waals surface area (Å²) in [6.45, 7) is 0.682. The molecule has 0 fully saturated rings. The summed E-state index contributed by atoms with van der Waals surface area (Å²) in [5, 5.41) is 4.15. The second kappa shape index (κ2) is 6.44. The van der Waals surface area contributed by atoms with E-state index >= 15 is 0 Å². The molecule has 0 aliphatic rings. The van der Waals surface area contributed by atoms with Crippen LogP contribution in [0.3, 0.4) is 0 Å². The third-order valence-electron chi connectivity index (χ3n) is 4.05. The number of hydrogen-bond acceptors (Lipinski definition) is 3. The fourth-order valence-corrected chi connectivity index (χ4v) is 2.55. The lowest BCUT2D eigenvalue weighted by molar-refractivity contribution is -0.129. The van der Waals surface area contributed by atoms with Crippen LogP contribution in [-0.4, -0.2) is 39.7 Å². The highest BCUT2D eigenvalue weighted by Gasteiger charge is 2.28. The topological polar surface area (TPSA) is 51.0 Å². The molecule has 3 aromatic rings. The Bertz CT molecular complexity index is 976. The largest absolute Gasteiger partial charge is 0.347 e. The quantitative estimate of drug-likeness (QED) is 0.714.